The van der Waals surface area contributed by atoms with E-state index in [-0.39, 0.29) is 11.6 Å². The van der Waals surface area contributed by atoms with E-state index in [1.807, 2.05) is 0 Å². The minimum absolute atomic E-state index is 0.0822. The van der Waals surface area contributed by atoms with E-state index in [4.69, 9.17) is 0 Å². The maximum absolute atomic E-state index is 13.0. The number of nitrogens with zero attached hydrogens (tertiary/aromatic N) is 2. The summed E-state index contributed by atoms with van der Waals surface area (Å²) in [4.78, 5) is 10.9. The largest absolute Gasteiger partial charge is 0.300 e. The Morgan fingerprint density at radius 1 is 1.50 bits per heavy atom. The zero-order valence-electron chi connectivity index (χ0n) is 8.85. The Morgan fingerprint density at radius 3 is 3.00 bits per heavy atom. The molecule has 2 aromatic rings. The third kappa shape index (κ3) is 2.34. The predicted octanol–water partition coefficient (Wildman–Crippen LogP) is 2.14. The van der Waals surface area contributed by atoms with Crippen LogP contribution in [0.2, 0.25) is 0 Å². The first-order chi connectivity index (χ1) is 7.65. The zero-order chi connectivity index (χ0) is 11.5. The van der Waals surface area contributed by atoms with Crippen LogP contribution >= 0.6 is 0 Å². The molecular formula is C12H11FN2O. The summed E-state index contributed by atoms with van der Waals surface area (Å²) in [5.74, 6) is -0.222. The van der Waals surface area contributed by atoms with Crippen molar-refractivity contribution in [3.63, 3.8) is 0 Å². The van der Waals surface area contributed by atoms with Crippen molar-refractivity contribution in [2.24, 2.45) is 0 Å². The molecule has 0 radical (unpaired) electrons. The second kappa shape index (κ2) is 4.26. The molecule has 0 saturated carbocycles. The third-order valence-electron chi connectivity index (χ3n) is 2.16. The molecule has 0 saturated heterocycles. The van der Waals surface area contributed by atoms with Gasteiger partial charge in [0, 0.05) is 12.6 Å². The summed E-state index contributed by atoms with van der Waals surface area (Å²) in [5, 5.41) is 4.08. The fraction of sp³-hybridized carbons (Fsp3) is 0.167. The first-order valence-corrected chi connectivity index (χ1v) is 4.94. The van der Waals surface area contributed by atoms with Gasteiger partial charge < -0.3 is 0 Å². The van der Waals surface area contributed by atoms with Crippen LogP contribution in [-0.2, 0) is 11.2 Å². The monoisotopic (exact) mass is 218 g/mol. The van der Waals surface area contributed by atoms with E-state index in [2.05, 4.69) is 5.10 Å². The van der Waals surface area contributed by atoms with Crippen molar-refractivity contribution in [2.75, 3.05) is 0 Å². The maximum Gasteiger partial charge on any atom is 0.134 e. The quantitative estimate of drug-likeness (QED) is 0.791. The zero-order valence-corrected chi connectivity index (χ0v) is 8.85. The highest BCUT2D eigenvalue weighted by molar-refractivity contribution is 5.77. The van der Waals surface area contributed by atoms with Crippen LogP contribution in [0.25, 0.3) is 5.69 Å². The number of benzene rings is 1. The van der Waals surface area contributed by atoms with Crippen molar-refractivity contribution in [3.8, 4) is 5.69 Å². The van der Waals surface area contributed by atoms with E-state index in [0.717, 1.165) is 5.56 Å². The molecule has 1 heterocycles. The van der Waals surface area contributed by atoms with E-state index in [1.54, 1.807) is 29.2 Å². The molecule has 2 rings (SSSR count). The van der Waals surface area contributed by atoms with E-state index >= 15 is 0 Å². The molecule has 0 unspecified atom stereocenters. The van der Waals surface area contributed by atoms with Crippen molar-refractivity contribution in [1.82, 2.24) is 9.78 Å². The van der Waals surface area contributed by atoms with Gasteiger partial charge in [-0.05, 0) is 30.7 Å². The van der Waals surface area contributed by atoms with Crippen LogP contribution < -0.4 is 0 Å². The molecule has 0 fully saturated rings. The topological polar surface area (TPSA) is 34.9 Å². The van der Waals surface area contributed by atoms with Crippen LogP contribution in [0, 0.1) is 5.82 Å². The molecule has 0 amide bonds. The van der Waals surface area contributed by atoms with Crippen LogP contribution in [0.15, 0.2) is 36.7 Å². The van der Waals surface area contributed by atoms with Crippen molar-refractivity contribution in [2.45, 2.75) is 13.3 Å². The lowest BCUT2D eigenvalue weighted by Gasteiger charge is -1.99. The second-order valence-electron chi connectivity index (χ2n) is 3.65. The number of halogens is 1. The van der Waals surface area contributed by atoms with Crippen molar-refractivity contribution in [1.29, 1.82) is 0 Å². The van der Waals surface area contributed by atoms with Gasteiger partial charge in [0.2, 0.25) is 0 Å². The second-order valence-corrected chi connectivity index (χ2v) is 3.65. The molecule has 0 spiro atoms. The number of hydrogen-bond acceptors (Lipinski definition) is 2. The summed E-state index contributed by atoms with van der Waals surface area (Å²) in [6, 6.07) is 6.15. The van der Waals surface area contributed by atoms with Crippen LogP contribution in [0.1, 0.15) is 12.5 Å². The van der Waals surface area contributed by atoms with Gasteiger partial charge in [0.05, 0.1) is 11.9 Å². The first-order valence-electron chi connectivity index (χ1n) is 4.94. The molecule has 0 aliphatic carbocycles. The number of rotatable bonds is 3. The van der Waals surface area contributed by atoms with Gasteiger partial charge in [0.15, 0.2) is 0 Å². The molecule has 0 bridgehead atoms. The molecule has 82 valence electrons. The summed E-state index contributed by atoms with van der Waals surface area (Å²) < 4.78 is 14.5. The average Bonchev–Trinajstić information content (AvgIpc) is 2.65. The Balaban J connectivity index is 2.28. The molecule has 0 N–H and O–H groups in total. The van der Waals surface area contributed by atoms with Crippen molar-refractivity contribution >= 4 is 5.78 Å². The fourth-order valence-corrected chi connectivity index (χ4v) is 1.50. The average molecular weight is 218 g/mol. The smallest absolute Gasteiger partial charge is 0.134 e. The minimum atomic E-state index is -0.305. The van der Waals surface area contributed by atoms with Gasteiger partial charge in [-0.3, -0.25) is 4.79 Å². The molecule has 1 aromatic carbocycles. The highest BCUT2D eigenvalue weighted by Crippen LogP contribution is 2.10. The van der Waals surface area contributed by atoms with Crippen LogP contribution in [0.5, 0.6) is 0 Å². The summed E-state index contributed by atoms with van der Waals surface area (Å²) >= 11 is 0. The number of aromatic nitrogens is 2. The molecule has 3 nitrogen and oxygen atoms in total. The third-order valence-corrected chi connectivity index (χ3v) is 2.16. The van der Waals surface area contributed by atoms with E-state index in [1.165, 1.54) is 19.1 Å². The SMILES string of the molecule is CC(=O)Cc1cnn(-c2cccc(F)c2)c1. The Bertz CT molecular complexity index is 519. The lowest BCUT2D eigenvalue weighted by atomic mass is 10.2. The number of Topliss-reactive ketones (excluding diaryl/α,β-unsaturated/α-hetero) is 1. The molecule has 0 aliphatic rings. The summed E-state index contributed by atoms with van der Waals surface area (Å²) in [6.45, 7) is 1.53. The Kier molecular flexibility index (Phi) is 2.81. The first kappa shape index (κ1) is 10.5. The highest BCUT2D eigenvalue weighted by atomic mass is 19.1. The number of hydrogen-bond donors (Lipinski definition) is 0. The van der Waals surface area contributed by atoms with Gasteiger partial charge in [0.1, 0.15) is 11.6 Å². The maximum atomic E-state index is 13.0. The molecule has 4 heteroatoms. The summed E-state index contributed by atoms with van der Waals surface area (Å²) in [6.07, 6.45) is 3.71. The fourth-order valence-electron chi connectivity index (χ4n) is 1.50. The molecule has 0 aliphatic heterocycles. The predicted molar refractivity (Wildman–Crippen MR) is 57.9 cm³/mol. The Hall–Kier alpha value is -1.97. The van der Waals surface area contributed by atoms with Gasteiger partial charge in [-0.1, -0.05) is 6.07 Å². The van der Waals surface area contributed by atoms with Gasteiger partial charge in [-0.2, -0.15) is 5.10 Å². The van der Waals surface area contributed by atoms with E-state index in [0.29, 0.717) is 12.1 Å². The van der Waals surface area contributed by atoms with Gasteiger partial charge in [-0.15, -0.1) is 0 Å². The minimum Gasteiger partial charge on any atom is -0.300 e. The van der Waals surface area contributed by atoms with Crippen LogP contribution in [-0.4, -0.2) is 15.6 Å². The molecule has 16 heavy (non-hydrogen) atoms. The standard InChI is InChI=1S/C12H11FN2O/c1-9(16)5-10-7-14-15(8-10)12-4-2-3-11(13)6-12/h2-4,6-8H,5H2,1H3. The molecular weight excluding hydrogens is 207 g/mol. The molecule has 0 atom stereocenters. The number of carbonyl (C=O) groups excluding carboxylic acids is 1. The van der Waals surface area contributed by atoms with Crippen LogP contribution in [0.3, 0.4) is 0 Å². The number of carbonyl (C=O) groups is 1. The lowest BCUT2D eigenvalue weighted by molar-refractivity contribution is -0.116. The van der Waals surface area contributed by atoms with Gasteiger partial charge in [-0.25, -0.2) is 9.07 Å². The Labute approximate surface area is 92.5 Å². The number of ketones is 1. The lowest BCUT2D eigenvalue weighted by Crippen LogP contribution is -1.96. The summed E-state index contributed by atoms with van der Waals surface area (Å²) in [7, 11) is 0. The van der Waals surface area contributed by atoms with Gasteiger partial charge in [0.25, 0.3) is 0 Å². The van der Waals surface area contributed by atoms with E-state index in [9.17, 15) is 9.18 Å². The van der Waals surface area contributed by atoms with Crippen LogP contribution in [0.4, 0.5) is 4.39 Å². The van der Waals surface area contributed by atoms with Crippen molar-refractivity contribution < 1.29 is 9.18 Å². The Morgan fingerprint density at radius 2 is 2.31 bits per heavy atom. The highest BCUT2D eigenvalue weighted by Gasteiger charge is 2.03. The molecule has 1 aromatic heterocycles. The summed E-state index contributed by atoms with van der Waals surface area (Å²) in [5.41, 5.74) is 1.48. The van der Waals surface area contributed by atoms with Gasteiger partial charge >= 0.3 is 0 Å². The van der Waals surface area contributed by atoms with E-state index < -0.39 is 0 Å². The normalized spacial score (nSPS) is 10.4. The van der Waals surface area contributed by atoms with Crippen molar-refractivity contribution in [3.05, 3.63) is 48.0 Å².